The molecule has 1 unspecified atom stereocenters. The number of hydrogen-bond donors (Lipinski definition) is 1. The van der Waals surface area contributed by atoms with Crippen LogP contribution in [0.25, 0.3) is 0 Å². The molecule has 1 saturated carbocycles. The molecule has 1 aromatic carbocycles. The zero-order valence-corrected chi connectivity index (χ0v) is 18.3. The Hall–Kier alpha value is -2.12. The van der Waals surface area contributed by atoms with Gasteiger partial charge in [0, 0.05) is 64.1 Å². The summed E-state index contributed by atoms with van der Waals surface area (Å²) in [6.07, 6.45) is 2.24. The Morgan fingerprint density at radius 2 is 1.73 bits per heavy atom. The van der Waals surface area contributed by atoms with Gasteiger partial charge < -0.3 is 15.1 Å². The predicted molar refractivity (Wildman–Crippen MR) is 119 cm³/mol. The molecule has 3 fully saturated rings. The van der Waals surface area contributed by atoms with Crippen molar-refractivity contribution in [3.8, 4) is 0 Å². The molecule has 0 radical (unpaired) electrons. The first-order valence-electron chi connectivity index (χ1n) is 11.4. The van der Waals surface area contributed by atoms with E-state index >= 15 is 0 Å². The minimum absolute atomic E-state index is 0.0850. The maximum atomic E-state index is 12.8. The lowest BCUT2D eigenvalue weighted by atomic mass is 10.2. The number of amides is 2. The third-order valence-corrected chi connectivity index (χ3v) is 6.62. The number of aryl methyl sites for hydroxylation is 1. The van der Waals surface area contributed by atoms with E-state index in [1.165, 1.54) is 11.3 Å². The van der Waals surface area contributed by atoms with Gasteiger partial charge in [-0.05, 0) is 44.4 Å². The fourth-order valence-electron chi connectivity index (χ4n) is 4.35. The molecule has 2 saturated heterocycles. The summed E-state index contributed by atoms with van der Waals surface area (Å²) < 4.78 is 0. The number of benzene rings is 1. The molecular formula is C23H35N5O2. The van der Waals surface area contributed by atoms with E-state index in [9.17, 15) is 9.59 Å². The van der Waals surface area contributed by atoms with Crippen molar-refractivity contribution in [1.29, 1.82) is 0 Å². The van der Waals surface area contributed by atoms with Gasteiger partial charge in [0.25, 0.3) is 0 Å². The maximum Gasteiger partial charge on any atom is 0.237 e. The molecule has 2 aliphatic heterocycles. The second-order valence-electron chi connectivity index (χ2n) is 8.98. The van der Waals surface area contributed by atoms with E-state index in [0.29, 0.717) is 12.6 Å². The predicted octanol–water partition coefficient (Wildman–Crippen LogP) is 0.928. The van der Waals surface area contributed by atoms with Gasteiger partial charge in [-0.25, -0.2) is 0 Å². The summed E-state index contributed by atoms with van der Waals surface area (Å²) >= 11 is 0. The van der Waals surface area contributed by atoms with Crippen molar-refractivity contribution in [2.75, 3.05) is 63.8 Å². The molecule has 1 aliphatic carbocycles. The normalized spacial score (nSPS) is 22.1. The van der Waals surface area contributed by atoms with Gasteiger partial charge in [0.1, 0.15) is 0 Å². The molecule has 0 aromatic heterocycles. The van der Waals surface area contributed by atoms with Crippen LogP contribution in [0.1, 0.15) is 25.3 Å². The van der Waals surface area contributed by atoms with Gasteiger partial charge in [0.2, 0.25) is 11.8 Å². The summed E-state index contributed by atoms with van der Waals surface area (Å²) in [5.74, 6) is 0.375. The van der Waals surface area contributed by atoms with E-state index in [-0.39, 0.29) is 17.9 Å². The van der Waals surface area contributed by atoms with Crippen molar-refractivity contribution in [1.82, 2.24) is 20.0 Å². The first-order chi connectivity index (χ1) is 14.5. The number of rotatable bonds is 6. The quantitative estimate of drug-likeness (QED) is 0.752. The summed E-state index contributed by atoms with van der Waals surface area (Å²) in [6, 6.07) is 8.89. The van der Waals surface area contributed by atoms with Crippen LogP contribution in [0.15, 0.2) is 24.3 Å². The van der Waals surface area contributed by atoms with Crippen LogP contribution >= 0.6 is 0 Å². The first-order valence-corrected chi connectivity index (χ1v) is 11.4. The molecule has 1 atom stereocenters. The van der Waals surface area contributed by atoms with E-state index in [4.69, 9.17) is 0 Å². The molecule has 3 aliphatic rings. The van der Waals surface area contributed by atoms with Crippen LogP contribution in [-0.2, 0) is 9.59 Å². The van der Waals surface area contributed by atoms with Crippen LogP contribution in [0.4, 0.5) is 5.69 Å². The Morgan fingerprint density at radius 1 is 1.03 bits per heavy atom. The highest BCUT2D eigenvalue weighted by molar-refractivity contribution is 5.82. The Bertz CT molecular complexity index is 750. The van der Waals surface area contributed by atoms with Crippen molar-refractivity contribution in [2.24, 2.45) is 0 Å². The number of carbonyl (C=O) groups is 2. The van der Waals surface area contributed by atoms with E-state index in [1.807, 2.05) is 11.8 Å². The molecule has 0 spiro atoms. The first kappa shape index (κ1) is 21.1. The lowest BCUT2D eigenvalue weighted by molar-refractivity contribution is -0.134. The van der Waals surface area contributed by atoms with Crippen LogP contribution in [0.3, 0.4) is 0 Å². The van der Waals surface area contributed by atoms with Crippen molar-refractivity contribution in [3.05, 3.63) is 29.8 Å². The van der Waals surface area contributed by atoms with Gasteiger partial charge >= 0.3 is 0 Å². The van der Waals surface area contributed by atoms with Crippen LogP contribution < -0.4 is 10.2 Å². The van der Waals surface area contributed by atoms with Crippen molar-refractivity contribution < 1.29 is 9.59 Å². The molecular weight excluding hydrogens is 378 g/mol. The zero-order chi connectivity index (χ0) is 21.1. The smallest absolute Gasteiger partial charge is 0.237 e. The summed E-state index contributed by atoms with van der Waals surface area (Å²) in [4.78, 5) is 33.9. The monoisotopic (exact) mass is 413 g/mol. The van der Waals surface area contributed by atoms with Crippen molar-refractivity contribution >= 4 is 17.5 Å². The van der Waals surface area contributed by atoms with Crippen molar-refractivity contribution in [2.45, 2.75) is 38.8 Å². The number of nitrogens with one attached hydrogen (secondary N) is 1. The van der Waals surface area contributed by atoms with Crippen LogP contribution in [0.2, 0.25) is 0 Å². The van der Waals surface area contributed by atoms with E-state index in [1.54, 1.807) is 0 Å². The Labute approximate surface area is 180 Å². The molecule has 0 bridgehead atoms. The zero-order valence-electron chi connectivity index (χ0n) is 18.3. The summed E-state index contributed by atoms with van der Waals surface area (Å²) in [7, 11) is 0. The third-order valence-electron chi connectivity index (χ3n) is 6.62. The standard InChI is InChI=1S/C23H35N5O2/c1-18-4-3-5-21(16-18)27-12-14-28(15-13-27)22(29)17-25-8-10-26(11-9-25)19(2)23(30)24-20-6-7-20/h3-5,16,19-20H,6-15,17H2,1-2H3,(H,24,30). The van der Waals surface area contributed by atoms with Gasteiger partial charge in [-0.2, -0.15) is 0 Å². The molecule has 164 valence electrons. The fourth-order valence-corrected chi connectivity index (χ4v) is 4.35. The van der Waals surface area contributed by atoms with Gasteiger partial charge in [0.15, 0.2) is 0 Å². The molecule has 2 heterocycles. The highest BCUT2D eigenvalue weighted by atomic mass is 16.2. The highest BCUT2D eigenvalue weighted by Crippen LogP contribution is 2.20. The SMILES string of the molecule is Cc1cccc(N2CCN(C(=O)CN3CCN(C(C)C(=O)NC4CC4)CC3)CC2)c1. The summed E-state index contributed by atoms with van der Waals surface area (Å²) in [6.45, 7) is 11.3. The average molecular weight is 414 g/mol. The van der Waals surface area contributed by atoms with Gasteiger partial charge in [0.05, 0.1) is 12.6 Å². The van der Waals surface area contributed by atoms with Crippen LogP contribution in [0.5, 0.6) is 0 Å². The molecule has 7 nitrogen and oxygen atoms in total. The van der Waals surface area contributed by atoms with Gasteiger partial charge in [-0.3, -0.25) is 19.4 Å². The average Bonchev–Trinajstić information content (AvgIpc) is 3.58. The number of anilines is 1. The van der Waals surface area contributed by atoms with Crippen LogP contribution in [0, 0.1) is 6.92 Å². The Balaban J connectivity index is 1.18. The number of carbonyl (C=O) groups excluding carboxylic acids is 2. The molecule has 7 heteroatoms. The number of nitrogens with zero attached hydrogens (tertiary/aromatic N) is 4. The van der Waals surface area contributed by atoms with E-state index < -0.39 is 0 Å². The maximum absolute atomic E-state index is 12.8. The number of hydrogen-bond acceptors (Lipinski definition) is 5. The number of piperazine rings is 2. The Kier molecular flexibility index (Phi) is 6.58. The summed E-state index contributed by atoms with van der Waals surface area (Å²) in [5, 5.41) is 3.10. The molecule has 30 heavy (non-hydrogen) atoms. The largest absolute Gasteiger partial charge is 0.368 e. The van der Waals surface area contributed by atoms with Crippen molar-refractivity contribution in [3.63, 3.8) is 0 Å². The molecule has 4 rings (SSSR count). The second kappa shape index (κ2) is 9.35. The lowest BCUT2D eigenvalue weighted by Gasteiger charge is -2.39. The second-order valence-corrected chi connectivity index (χ2v) is 8.98. The minimum Gasteiger partial charge on any atom is -0.368 e. The third kappa shape index (κ3) is 5.32. The van der Waals surface area contributed by atoms with E-state index in [0.717, 1.165) is 65.2 Å². The fraction of sp³-hybridized carbons (Fsp3) is 0.652. The minimum atomic E-state index is -0.0850. The molecule has 1 N–H and O–H groups in total. The topological polar surface area (TPSA) is 59.1 Å². The lowest BCUT2D eigenvalue weighted by Crippen LogP contribution is -2.56. The molecule has 1 aromatic rings. The van der Waals surface area contributed by atoms with Crippen LogP contribution in [-0.4, -0.2) is 97.5 Å². The Morgan fingerprint density at radius 3 is 2.37 bits per heavy atom. The van der Waals surface area contributed by atoms with Gasteiger partial charge in [-0.1, -0.05) is 12.1 Å². The molecule has 2 amide bonds. The van der Waals surface area contributed by atoms with E-state index in [2.05, 4.69) is 51.2 Å². The summed E-state index contributed by atoms with van der Waals surface area (Å²) in [5.41, 5.74) is 2.52. The van der Waals surface area contributed by atoms with Gasteiger partial charge in [-0.15, -0.1) is 0 Å². The highest BCUT2D eigenvalue weighted by Gasteiger charge is 2.31.